The van der Waals surface area contributed by atoms with Crippen molar-refractivity contribution in [2.24, 2.45) is 5.73 Å². The van der Waals surface area contributed by atoms with Crippen LogP contribution in [0, 0.1) is 0 Å². The number of carbonyl (C=O) groups excluding carboxylic acids is 1. The molecule has 0 amide bonds. The van der Waals surface area contributed by atoms with Crippen LogP contribution in [-0.4, -0.2) is 13.1 Å². The number of rotatable bonds is 2. The third-order valence-corrected chi connectivity index (χ3v) is 1.98. The second kappa shape index (κ2) is 4.98. The highest BCUT2D eigenvalue weighted by molar-refractivity contribution is 5.85. The van der Waals surface area contributed by atoms with Gasteiger partial charge in [-0.25, -0.2) is 4.79 Å². The molecule has 2 N–H and O–H groups in total. The minimum atomic E-state index is -1.06. The molecule has 0 heterocycles. The molecule has 0 aromatic heterocycles. The van der Waals surface area contributed by atoms with E-state index in [1.165, 1.54) is 7.11 Å². The lowest BCUT2D eigenvalue weighted by Gasteiger charge is -2.21. The van der Waals surface area contributed by atoms with Crippen molar-refractivity contribution in [3.63, 3.8) is 0 Å². The van der Waals surface area contributed by atoms with Gasteiger partial charge in [0.2, 0.25) is 0 Å². The molecule has 4 heteroatoms. The lowest BCUT2D eigenvalue weighted by molar-refractivity contribution is -0.146. The molecule has 3 nitrogen and oxygen atoms in total. The van der Waals surface area contributed by atoms with E-state index < -0.39 is 11.5 Å². The fraction of sp³-hybridized carbons (Fsp3) is 0.300. The standard InChI is InChI=1S/C10H13NO2.ClH/c1-10(11,9(12)13-2)8-6-4-3-5-7-8;/h3-7H,11H2,1-2H3;1H/t10-;/m0./s1. The Labute approximate surface area is 89.7 Å². The first-order valence-electron chi connectivity index (χ1n) is 4.02. The van der Waals surface area contributed by atoms with Crippen LogP contribution in [-0.2, 0) is 15.1 Å². The first-order chi connectivity index (χ1) is 6.09. The summed E-state index contributed by atoms with van der Waals surface area (Å²) in [4.78, 5) is 11.3. The van der Waals surface area contributed by atoms with E-state index in [1.807, 2.05) is 18.2 Å². The van der Waals surface area contributed by atoms with Gasteiger partial charge in [0.05, 0.1) is 7.11 Å². The van der Waals surface area contributed by atoms with Crippen LogP contribution in [0.15, 0.2) is 30.3 Å². The summed E-state index contributed by atoms with van der Waals surface area (Å²) in [7, 11) is 1.33. The molecule has 1 rings (SSSR count). The Bertz CT molecular complexity index is 298. The van der Waals surface area contributed by atoms with Gasteiger partial charge in [-0.1, -0.05) is 30.3 Å². The van der Waals surface area contributed by atoms with Gasteiger partial charge in [0, 0.05) is 0 Å². The van der Waals surface area contributed by atoms with Gasteiger partial charge in [0.25, 0.3) is 0 Å². The normalized spacial score (nSPS) is 13.6. The minimum Gasteiger partial charge on any atom is -0.467 e. The molecular formula is C10H14ClNO2. The van der Waals surface area contributed by atoms with Gasteiger partial charge < -0.3 is 10.5 Å². The quantitative estimate of drug-likeness (QED) is 0.760. The van der Waals surface area contributed by atoms with Crippen LogP contribution in [0.4, 0.5) is 0 Å². The first-order valence-corrected chi connectivity index (χ1v) is 4.02. The molecule has 1 aromatic rings. The van der Waals surface area contributed by atoms with Gasteiger partial charge in [-0.2, -0.15) is 0 Å². The van der Waals surface area contributed by atoms with Crippen LogP contribution in [0.1, 0.15) is 12.5 Å². The Kier molecular flexibility index (Phi) is 4.60. The summed E-state index contributed by atoms with van der Waals surface area (Å²) in [5.41, 5.74) is 5.51. The van der Waals surface area contributed by atoms with Crippen molar-refractivity contribution in [3.8, 4) is 0 Å². The summed E-state index contributed by atoms with van der Waals surface area (Å²) in [5.74, 6) is -0.432. The van der Waals surface area contributed by atoms with E-state index in [9.17, 15) is 4.79 Å². The average Bonchev–Trinajstić information content (AvgIpc) is 2.18. The van der Waals surface area contributed by atoms with Gasteiger partial charge >= 0.3 is 5.97 Å². The lowest BCUT2D eigenvalue weighted by atomic mass is 9.94. The van der Waals surface area contributed by atoms with Crippen LogP contribution in [0.2, 0.25) is 0 Å². The topological polar surface area (TPSA) is 52.3 Å². The molecule has 0 fully saturated rings. The molecule has 0 radical (unpaired) electrons. The molecule has 78 valence electrons. The molecule has 0 spiro atoms. The van der Waals surface area contributed by atoms with Crippen molar-refractivity contribution in [2.45, 2.75) is 12.5 Å². The number of halogens is 1. The minimum absolute atomic E-state index is 0. The zero-order valence-electron chi connectivity index (χ0n) is 8.19. The van der Waals surface area contributed by atoms with E-state index in [0.717, 1.165) is 5.56 Å². The Balaban J connectivity index is 0.00000169. The molecule has 0 saturated heterocycles. The molecule has 1 aromatic carbocycles. The molecule has 14 heavy (non-hydrogen) atoms. The summed E-state index contributed by atoms with van der Waals surface area (Å²) in [6.07, 6.45) is 0. The molecule has 0 saturated carbocycles. The van der Waals surface area contributed by atoms with E-state index in [4.69, 9.17) is 5.73 Å². The number of methoxy groups -OCH3 is 1. The third kappa shape index (κ3) is 2.47. The van der Waals surface area contributed by atoms with Gasteiger partial charge in [-0.3, -0.25) is 0 Å². The van der Waals surface area contributed by atoms with Crippen LogP contribution in [0.3, 0.4) is 0 Å². The van der Waals surface area contributed by atoms with Crippen molar-refractivity contribution in [3.05, 3.63) is 35.9 Å². The Morgan fingerprint density at radius 1 is 1.36 bits per heavy atom. The molecular weight excluding hydrogens is 202 g/mol. The number of benzene rings is 1. The van der Waals surface area contributed by atoms with Gasteiger partial charge in [-0.05, 0) is 12.5 Å². The van der Waals surface area contributed by atoms with E-state index in [2.05, 4.69) is 4.74 Å². The third-order valence-electron chi connectivity index (χ3n) is 1.98. The fourth-order valence-corrected chi connectivity index (χ4v) is 1.11. The number of ether oxygens (including phenoxy) is 1. The zero-order chi connectivity index (χ0) is 9.90. The van der Waals surface area contributed by atoms with Gasteiger partial charge in [0.1, 0.15) is 5.54 Å². The maximum Gasteiger partial charge on any atom is 0.330 e. The van der Waals surface area contributed by atoms with E-state index >= 15 is 0 Å². The summed E-state index contributed by atoms with van der Waals surface area (Å²) in [6.45, 7) is 1.63. The molecule has 0 aliphatic rings. The van der Waals surface area contributed by atoms with Crippen molar-refractivity contribution >= 4 is 18.4 Å². The number of hydrogen-bond acceptors (Lipinski definition) is 3. The van der Waals surface area contributed by atoms with Crippen molar-refractivity contribution in [2.75, 3.05) is 7.11 Å². The van der Waals surface area contributed by atoms with E-state index in [-0.39, 0.29) is 12.4 Å². The summed E-state index contributed by atoms with van der Waals surface area (Å²) in [6, 6.07) is 9.15. The Morgan fingerprint density at radius 2 is 1.86 bits per heavy atom. The summed E-state index contributed by atoms with van der Waals surface area (Å²) in [5, 5.41) is 0. The Hall–Kier alpha value is -1.06. The van der Waals surface area contributed by atoms with E-state index in [1.54, 1.807) is 19.1 Å². The maximum absolute atomic E-state index is 11.3. The highest BCUT2D eigenvalue weighted by Gasteiger charge is 2.31. The number of esters is 1. The monoisotopic (exact) mass is 215 g/mol. The van der Waals surface area contributed by atoms with E-state index in [0.29, 0.717) is 0 Å². The second-order valence-electron chi connectivity index (χ2n) is 3.06. The van der Waals surface area contributed by atoms with Crippen molar-refractivity contribution < 1.29 is 9.53 Å². The smallest absolute Gasteiger partial charge is 0.330 e. The predicted octanol–water partition coefficient (Wildman–Crippen LogP) is 1.46. The lowest BCUT2D eigenvalue weighted by Crippen LogP contribution is -2.42. The molecule has 0 aliphatic carbocycles. The SMILES string of the molecule is COC(=O)[C@@](C)(N)c1ccccc1.Cl. The predicted molar refractivity (Wildman–Crippen MR) is 57.2 cm³/mol. The van der Waals surface area contributed by atoms with Crippen molar-refractivity contribution in [1.29, 1.82) is 0 Å². The van der Waals surface area contributed by atoms with Crippen LogP contribution < -0.4 is 5.73 Å². The second-order valence-corrected chi connectivity index (χ2v) is 3.06. The summed E-state index contributed by atoms with van der Waals surface area (Å²) < 4.78 is 4.61. The van der Waals surface area contributed by atoms with Crippen LogP contribution in [0.25, 0.3) is 0 Å². The highest BCUT2D eigenvalue weighted by Crippen LogP contribution is 2.18. The number of hydrogen-bond donors (Lipinski definition) is 1. The molecule has 1 atom stereocenters. The maximum atomic E-state index is 11.3. The van der Waals surface area contributed by atoms with Gasteiger partial charge in [0.15, 0.2) is 0 Å². The molecule has 0 bridgehead atoms. The molecule has 0 aliphatic heterocycles. The van der Waals surface area contributed by atoms with Crippen LogP contribution >= 0.6 is 12.4 Å². The van der Waals surface area contributed by atoms with Crippen molar-refractivity contribution in [1.82, 2.24) is 0 Å². The first kappa shape index (κ1) is 12.9. The number of nitrogens with two attached hydrogens (primary N) is 1. The average molecular weight is 216 g/mol. The van der Waals surface area contributed by atoms with Gasteiger partial charge in [-0.15, -0.1) is 12.4 Å². The summed E-state index contributed by atoms with van der Waals surface area (Å²) >= 11 is 0. The largest absolute Gasteiger partial charge is 0.467 e. The zero-order valence-corrected chi connectivity index (χ0v) is 9.01. The number of carbonyl (C=O) groups is 1. The highest BCUT2D eigenvalue weighted by atomic mass is 35.5. The van der Waals surface area contributed by atoms with Crippen LogP contribution in [0.5, 0.6) is 0 Å². The Morgan fingerprint density at radius 3 is 2.29 bits per heavy atom. The molecule has 0 unspecified atom stereocenters. The fourth-order valence-electron chi connectivity index (χ4n) is 1.11.